The van der Waals surface area contributed by atoms with Crippen LogP contribution in [0.25, 0.3) is 10.9 Å². The number of H-pyrrole nitrogens is 1. The average Bonchev–Trinajstić information content (AvgIpc) is 2.43. The number of nitro benzene ring substituents is 1. The number of aliphatic hydroxyl groups excluding tert-OH is 1. The lowest BCUT2D eigenvalue weighted by Gasteiger charge is -2.16. The molecule has 112 valence electrons. The maximum Gasteiger partial charge on any atom is 0.293 e. The minimum absolute atomic E-state index is 0.134. The van der Waals surface area contributed by atoms with Crippen LogP contribution in [0.4, 0.5) is 11.4 Å². The van der Waals surface area contributed by atoms with Crippen molar-refractivity contribution < 1.29 is 10.0 Å². The van der Waals surface area contributed by atoms with Crippen LogP contribution in [0.5, 0.6) is 0 Å². The lowest BCUT2D eigenvalue weighted by Crippen LogP contribution is -2.38. The van der Waals surface area contributed by atoms with Gasteiger partial charge < -0.3 is 21.1 Å². The van der Waals surface area contributed by atoms with E-state index < -0.39 is 22.6 Å². The highest BCUT2D eigenvalue weighted by atomic mass is 16.6. The number of nitrogens with zero attached hydrogens (tertiary/aromatic N) is 2. The highest BCUT2D eigenvalue weighted by Gasteiger charge is 2.18. The van der Waals surface area contributed by atoms with Gasteiger partial charge in [-0.3, -0.25) is 14.9 Å². The lowest BCUT2D eigenvalue weighted by atomic mass is 10.1. The number of nitrogens with one attached hydrogen (secondary N) is 2. The Balaban J connectivity index is 2.44. The summed E-state index contributed by atoms with van der Waals surface area (Å²) in [6, 6.07) is 2.00. The minimum atomic E-state index is -0.752. The van der Waals surface area contributed by atoms with Crippen LogP contribution in [-0.4, -0.2) is 38.7 Å². The second-order valence-corrected chi connectivity index (χ2v) is 4.66. The summed E-state index contributed by atoms with van der Waals surface area (Å²) in [6.07, 6.45) is 0.472. The molecule has 0 saturated heterocycles. The summed E-state index contributed by atoms with van der Waals surface area (Å²) in [4.78, 5) is 28.5. The molecule has 2 aromatic rings. The van der Waals surface area contributed by atoms with E-state index in [2.05, 4.69) is 15.3 Å². The number of rotatable bonds is 5. The minimum Gasteiger partial charge on any atom is -0.392 e. The van der Waals surface area contributed by atoms with Gasteiger partial charge in [0.25, 0.3) is 11.2 Å². The number of aromatic amines is 1. The van der Waals surface area contributed by atoms with Crippen molar-refractivity contribution in [2.75, 3.05) is 11.9 Å². The quantitative estimate of drug-likeness (QED) is 0.446. The third-order valence-electron chi connectivity index (χ3n) is 3.10. The predicted molar refractivity (Wildman–Crippen MR) is 77.2 cm³/mol. The second kappa shape index (κ2) is 5.85. The fourth-order valence-electron chi connectivity index (χ4n) is 1.79. The van der Waals surface area contributed by atoms with Gasteiger partial charge in [-0.2, -0.15) is 0 Å². The highest BCUT2D eigenvalue weighted by Crippen LogP contribution is 2.27. The number of benzene rings is 1. The van der Waals surface area contributed by atoms with Gasteiger partial charge in [-0.15, -0.1) is 0 Å². The summed E-state index contributed by atoms with van der Waals surface area (Å²) in [7, 11) is 0. The van der Waals surface area contributed by atoms with E-state index >= 15 is 0 Å². The van der Waals surface area contributed by atoms with Crippen LogP contribution in [0.3, 0.4) is 0 Å². The van der Waals surface area contributed by atoms with Gasteiger partial charge in [0.05, 0.1) is 28.3 Å². The normalized spacial score (nSPS) is 13.9. The smallest absolute Gasteiger partial charge is 0.293 e. The molecule has 1 aromatic heterocycles. The topological polar surface area (TPSA) is 147 Å². The van der Waals surface area contributed by atoms with E-state index in [4.69, 9.17) is 5.73 Å². The first-order chi connectivity index (χ1) is 9.90. The standard InChI is InChI=1S/C12H15N5O4/c1-6(18)8(13)4-14-10-3-9-7(2-11(10)17(20)21)12(19)16-5-15-9/h2-3,5-6,8,14,18H,4,13H2,1H3,(H,15,16,19). The third-order valence-corrected chi connectivity index (χ3v) is 3.10. The van der Waals surface area contributed by atoms with E-state index in [1.54, 1.807) is 0 Å². The Bertz CT molecular complexity index is 727. The maximum atomic E-state index is 11.6. The van der Waals surface area contributed by atoms with Gasteiger partial charge >= 0.3 is 0 Å². The summed E-state index contributed by atoms with van der Waals surface area (Å²) >= 11 is 0. The molecule has 0 bridgehead atoms. The van der Waals surface area contributed by atoms with Crippen LogP contribution < -0.4 is 16.6 Å². The fourth-order valence-corrected chi connectivity index (χ4v) is 1.79. The first-order valence-electron chi connectivity index (χ1n) is 6.23. The first-order valence-corrected chi connectivity index (χ1v) is 6.23. The van der Waals surface area contributed by atoms with Crippen LogP contribution >= 0.6 is 0 Å². The fraction of sp³-hybridized carbons (Fsp3) is 0.333. The molecule has 21 heavy (non-hydrogen) atoms. The zero-order valence-corrected chi connectivity index (χ0v) is 11.2. The molecule has 0 amide bonds. The van der Waals surface area contributed by atoms with E-state index in [-0.39, 0.29) is 23.3 Å². The summed E-state index contributed by atoms with van der Waals surface area (Å²) in [5.74, 6) is 0. The van der Waals surface area contributed by atoms with Gasteiger partial charge in [-0.25, -0.2) is 4.98 Å². The van der Waals surface area contributed by atoms with Crippen LogP contribution in [0.2, 0.25) is 0 Å². The number of nitro groups is 1. The molecule has 9 nitrogen and oxygen atoms in total. The molecule has 1 aromatic carbocycles. The molecule has 0 saturated carbocycles. The molecule has 2 rings (SSSR count). The summed E-state index contributed by atoms with van der Waals surface area (Å²) in [5.41, 5.74) is 5.50. The number of aliphatic hydroxyl groups is 1. The molecule has 0 fully saturated rings. The molecule has 0 radical (unpaired) electrons. The molecule has 0 aliphatic rings. The molecule has 1 heterocycles. The lowest BCUT2D eigenvalue weighted by molar-refractivity contribution is -0.383. The Morgan fingerprint density at radius 1 is 1.57 bits per heavy atom. The molecule has 0 spiro atoms. The number of hydrogen-bond donors (Lipinski definition) is 4. The van der Waals surface area contributed by atoms with Crippen molar-refractivity contribution in [3.63, 3.8) is 0 Å². The Morgan fingerprint density at radius 3 is 2.90 bits per heavy atom. The monoisotopic (exact) mass is 293 g/mol. The summed E-state index contributed by atoms with van der Waals surface area (Å²) in [6.45, 7) is 1.68. The maximum absolute atomic E-state index is 11.6. The van der Waals surface area contributed by atoms with E-state index in [1.165, 1.54) is 19.3 Å². The van der Waals surface area contributed by atoms with Gasteiger partial charge in [0.15, 0.2) is 0 Å². The van der Waals surface area contributed by atoms with Crippen LogP contribution in [0.1, 0.15) is 6.92 Å². The Kier molecular flexibility index (Phi) is 4.15. The average molecular weight is 293 g/mol. The molecular weight excluding hydrogens is 278 g/mol. The van der Waals surface area contributed by atoms with Crippen molar-refractivity contribution in [1.29, 1.82) is 0 Å². The second-order valence-electron chi connectivity index (χ2n) is 4.66. The molecule has 0 aliphatic heterocycles. The Labute approximate surface area is 119 Å². The molecule has 5 N–H and O–H groups in total. The van der Waals surface area contributed by atoms with E-state index in [0.29, 0.717) is 5.52 Å². The number of aromatic nitrogens is 2. The molecule has 0 aliphatic carbocycles. The van der Waals surface area contributed by atoms with Crippen LogP contribution in [0.15, 0.2) is 23.3 Å². The van der Waals surface area contributed by atoms with Crippen molar-refractivity contribution in [2.45, 2.75) is 19.1 Å². The SMILES string of the molecule is CC(O)C(N)CNc1cc2nc[nH]c(=O)c2cc1[N+](=O)[O-]. The third kappa shape index (κ3) is 3.15. The summed E-state index contributed by atoms with van der Waals surface area (Å²) in [5, 5.41) is 23.4. The van der Waals surface area contributed by atoms with Gasteiger partial charge in [0.2, 0.25) is 0 Å². The largest absolute Gasteiger partial charge is 0.392 e. The number of fused-ring (bicyclic) bond motifs is 1. The number of hydrogen-bond acceptors (Lipinski definition) is 7. The van der Waals surface area contributed by atoms with Gasteiger partial charge in [-0.05, 0) is 13.0 Å². The summed E-state index contributed by atoms with van der Waals surface area (Å²) < 4.78 is 0. The van der Waals surface area contributed by atoms with Gasteiger partial charge in [-0.1, -0.05) is 0 Å². The van der Waals surface area contributed by atoms with Gasteiger partial charge in [0.1, 0.15) is 5.69 Å². The molecule has 9 heteroatoms. The van der Waals surface area contributed by atoms with E-state index in [9.17, 15) is 20.0 Å². The van der Waals surface area contributed by atoms with Crippen molar-refractivity contribution in [3.05, 3.63) is 38.9 Å². The van der Waals surface area contributed by atoms with Crippen LogP contribution in [0, 0.1) is 10.1 Å². The number of nitrogens with two attached hydrogens (primary N) is 1. The van der Waals surface area contributed by atoms with Crippen molar-refractivity contribution >= 4 is 22.3 Å². The predicted octanol–water partition coefficient (Wildman–Crippen LogP) is -0.0487. The highest BCUT2D eigenvalue weighted by molar-refractivity contribution is 5.86. The van der Waals surface area contributed by atoms with E-state index in [1.807, 2.05) is 0 Å². The zero-order valence-electron chi connectivity index (χ0n) is 11.2. The Hall–Kier alpha value is -2.52. The Morgan fingerprint density at radius 2 is 2.29 bits per heavy atom. The molecule has 2 atom stereocenters. The van der Waals surface area contributed by atoms with Gasteiger partial charge in [0, 0.05) is 18.7 Å². The van der Waals surface area contributed by atoms with Crippen molar-refractivity contribution in [2.24, 2.45) is 5.73 Å². The van der Waals surface area contributed by atoms with E-state index in [0.717, 1.165) is 6.07 Å². The molecular formula is C12H15N5O4. The first kappa shape index (κ1) is 14.9. The van der Waals surface area contributed by atoms with Crippen LogP contribution in [-0.2, 0) is 0 Å². The zero-order chi connectivity index (χ0) is 15.6. The van der Waals surface area contributed by atoms with Crippen molar-refractivity contribution in [3.8, 4) is 0 Å². The number of anilines is 1. The van der Waals surface area contributed by atoms with Crippen molar-refractivity contribution in [1.82, 2.24) is 9.97 Å². The molecule has 2 unspecified atom stereocenters.